The fraction of sp³-hybridized carbons (Fsp3) is 0.375. The second-order valence-corrected chi connectivity index (χ2v) is 12.5. The number of hydrogen-bond donors (Lipinski definition) is 10. The van der Waals surface area contributed by atoms with Crippen molar-refractivity contribution in [3.05, 3.63) is 56.7 Å². The summed E-state index contributed by atoms with van der Waals surface area (Å²) in [5, 5.41) is 108. The molecule has 4 aliphatic carbocycles. The third-order valence-corrected chi connectivity index (χ3v) is 9.74. The van der Waals surface area contributed by atoms with Crippen molar-refractivity contribution in [1.82, 2.24) is 0 Å². The molecule has 0 fully saturated rings. The summed E-state index contributed by atoms with van der Waals surface area (Å²) in [4.78, 5) is 56.5. The average molecular weight is 671 g/mol. The molecule has 48 heavy (non-hydrogen) atoms. The van der Waals surface area contributed by atoms with E-state index in [0.717, 1.165) is 40.2 Å². The van der Waals surface area contributed by atoms with E-state index in [4.69, 9.17) is 9.47 Å². The Bertz CT molecular complexity index is 1810. The molecule has 0 amide bonds. The summed E-state index contributed by atoms with van der Waals surface area (Å²) in [5.41, 5.74) is -12.7. The zero-order valence-electron chi connectivity index (χ0n) is 25.5. The quantitative estimate of drug-likeness (QED) is 0.166. The van der Waals surface area contributed by atoms with Gasteiger partial charge >= 0.3 is 0 Å². The first kappa shape index (κ1) is 33.4. The van der Waals surface area contributed by atoms with Gasteiger partial charge in [0, 0.05) is 56.7 Å². The van der Waals surface area contributed by atoms with Gasteiger partial charge in [0.15, 0.2) is 23.1 Å². The number of rotatable bonds is 3. The van der Waals surface area contributed by atoms with Gasteiger partial charge in [-0.2, -0.15) is 0 Å². The van der Waals surface area contributed by atoms with E-state index in [1.807, 2.05) is 0 Å². The minimum atomic E-state index is -2.58. The van der Waals surface area contributed by atoms with Crippen molar-refractivity contribution in [2.45, 2.75) is 61.7 Å². The Kier molecular flexibility index (Phi) is 7.29. The van der Waals surface area contributed by atoms with Crippen LogP contribution in [-0.4, -0.2) is 136 Å². The number of fused-ring (bicyclic) bond motifs is 2. The van der Waals surface area contributed by atoms with E-state index in [1.165, 1.54) is 0 Å². The monoisotopic (exact) mass is 670 g/mol. The molecule has 0 aromatic heterocycles. The smallest absolute Gasteiger partial charge is 0.196 e. The van der Waals surface area contributed by atoms with Crippen molar-refractivity contribution >= 4 is 23.1 Å². The molecule has 2 aromatic carbocycles. The Hall–Kier alpha value is -4.52. The minimum absolute atomic E-state index is 0.438. The minimum Gasteiger partial charge on any atom is -0.507 e. The Morgan fingerprint density at radius 2 is 0.812 bits per heavy atom. The van der Waals surface area contributed by atoms with Gasteiger partial charge in [0.1, 0.15) is 70.8 Å². The zero-order valence-corrected chi connectivity index (χ0v) is 25.5. The van der Waals surface area contributed by atoms with E-state index in [9.17, 15) is 70.2 Å². The van der Waals surface area contributed by atoms with Crippen LogP contribution in [0.2, 0.25) is 0 Å². The molecule has 8 atom stereocenters. The lowest BCUT2D eigenvalue weighted by Crippen LogP contribution is -2.62. The molecule has 2 aromatic rings. The van der Waals surface area contributed by atoms with Gasteiger partial charge in [0.25, 0.3) is 0 Å². The van der Waals surface area contributed by atoms with Gasteiger partial charge in [-0.1, -0.05) is 0 Å². The van der Waals surface area contributed by atoms with Crippen LogP contribution in [-0.2, 0) is 0 Å². The highest BCUT2D eigenvalue weighted by Crippen LogP contribution is 2.54. The van der Waals surface area contributed by atoms with Crippen LogP contribution in [0.4, 0.5) is 0 Å². The van der Waals surface area contributed by atoms with Crippen LogP contribution >= 0.6 is 0 Å². The number of Topliss-reactive ketones (excluding diaryl/α,β-unsaturated/α-hetero) is 4. The Labute approximate surface area is 269 Å². The summed E-state index contributed by atoms with van der Waals surface area (Å²) in [6, 6.07) is 1.70. The summed E-state index contributed by atoms with van der Waals surface area (Å²) in [7, 11) is 2.13. The zero-order chi connectivity index (χ0) is 35.7. The summed E-state index contributed by atoms with van der Waals surface area (Å²) >= 11 is 0. The summed E-state index contributed by atoms with van der Waals surface area (Å²) in [5.74, 6) is -7.77. The lowest BCUT2D eigenvalue weighted by Gasteiger charge is -2.44. The average Bonchev–Trinajstić information content (AvgIpc) is 3.03. The van der Waals surface area contributed by atoms with Crippen LogP contribution in [0.5, 0.6) is 23.0 Å². The van der Waals surface area contributed by atoms with Gasteiger partial charge in [-0.15, -0.1) is 0 Å². The third-order valence-electron chi connectivity index (χ3n) is 9.74. The van der Waals surface area contributed by atoms with Gasteiger partial charge in [-0.05, 0) is 13.8 Å². The predicted molar refractivity (Wildman–Crippen MR) is 157 cm³/mol. The van der Waals surface area contributed by atoms with E-state index >= 15 is 0 Å². The van der Waals surface area contributed by atoms with Crippen LogP contribution in [0, 0.1) is 0 Å². The largest absolute Gasteiger partial charge is 0.507 e. The number of carbonyl (C=O) groups is 4. The second-order valence-electron chi connectivity index (χ2n) is 12.5. The number of carbonyl (C=O) groups excluding carboxylic acids is 4. The molecular weight excluding hydrogens is 640 g/mol. The molecule has 16 heteroatoms. The molecule has 16 nitrogen and oxygen atoms in total. The third kappa shape index (κ3) is 3.93. The normalized spacial score (nSPS) is 32.9. The summed E-state index contributed by atoms with van der Waals surface area (Å²) in [6.45, 7) is 1.80. The number of ketones is 4. The number of aliphatic hydroxyl groups is 8. The molecule has 6 rings (SSSR count). The fourth-order valence-corrected chi connectivity index (χ4v) is 7.04. The molecule has 254 valence electrons. The number of aromatic hydroxyl groups is 2. The highest BCUT2D eigenvalue weighted by molar-refractivity contribution is 6.34. The van der Waals surface area contributed by atoms with Gasteiger partial charge < -0.3 is 60.5 Å². The predicted octanol–water partition coefficient (Wildman–Crippen LogP) is -2.17. The highest BCUT2D eigenvalue weighted by atomic mass is 16.5. The number of ether oxygens (including phenoxy) is 2. The lowest BCUT2D eigenvalue weighted by molar-refractivity contribution is -0.158. The number of methoxy groups -OCH3 is 2. The molecule has 0 heterocycles. The van der Waals surface area contributed by atoms with Crippen molar-refractivity contribution in [2.24, 2.45) is 0 Å². The van der Waals surface area contributed by atoms with E-state index in [1.54, 1.807) is 0 Å². The molecule has 10 N–H and O–H groups in total. The van der Waals surface area contributed by atoms with E-state index < -0.39 is 150 Å². The number of phenolic OH excluding ortho intramolecular Hbond substituents is 2. The van der Waals surface area contributed by atoms with Crippen LogP contribution in [0.25, 0.3) is 11.1 Å². The maximum Gasteiger partial charge on any atom is 0.196 e. The number of hydrogen-bond acceptors (Lipinski definition) is 16. The first-order valence-electron chi connectivity index (χ1n) is 14.4. The SMILES string of the molecule is COc1cc(O)c2c(c1-c1c(OC)cc(O)c3c1C(=O)C1=C(C3=O)[C@H](O)[C@@H](O)[C@@](C)(O)[C@@H]1O)C(=O)C1=C(C2=O)[C@H](O)[C@@H](O)[C@@](C)(O)[C@@H]1O. The fourth-order valence-electron chi connectivity index (χ4n) is 7.04. The van der Waals surface area contributed by atoms with Gasteiger partial charge in [0.05, 0.1) is 25.3 Å². The first-order valence-corrected chi connectivity index (χ1v) is 14.4. The van der Waals surface area contributed by atoms with Crippen LogP contribution in [0.3, 0.4) is 0 Å². The van der Waals surface area contributed by atoms with Gasteiger partial charge in [-0.3, -0.25) is 19.2 Å². The number of phenols is 2. The molecule has 0 saturated heterocycles. The standard InChI is InChI=1S/C32H30O16/c1-31(45)27(41)19-17(25(39)29(31)43)21(35)11-7(33)5-9(47-3)13(15(11)23(19)37)14-10(48-4)6-8(34)12-16(14)24(38)20-18(22(12)36)26(40)30(44)32(2,46)28(20)42/h5-6,25-30,33-34,39-46H,1-4H3/t25-,26-,27+,28+,29+,30+,31-,32-/m0/s1. The molecule has 0 saturated carbocycles. The molecule has 0 unspecified atom stereocenters. The highest BCUT2D eigenvalue weighted by Gasteiger charge is 2.58. The van der Waals surface area contributed by atoms with E-state index in [2.05, 4.69) is 0 Å². The number of aliphatic hydroxyl groups excluding tert-OH is 6. The van der Waals surface area contributed by atoms with Crippen molar-refractivity contribution in [2.75, 3.05) is 14.2 Å². The molecular formula is C32H30O16. The van der Waals surface area contributed by atoms with Crippen molar-refractivity contribution in [3.63, 3.8) is 0 Å². The molecule has 0 spiro atoms. The molecule has 4 aliphatic rings. The maximum absolute atomic E-state index is 14.4. The van der Waals surface area contributed by atoms with E-state index in [-0.39, 0.29) is 0 Å². The van der Waals surface area contributed by atoms with Crippen molar-refractivity contribution < 1.29 is 79.7 Å². The Morgan fingerprint density at radius 1 is 0.521 bits per heavy atom. The van der Waals surface area contributed by atoms with E-state index in [0.29, 0.717) is 0 Å². The molecule has 0 radical (unpaired) electrons. The van der Waals surface area contributed by atoms with Crippen LogP contribution < -0.4 is 9.47 Å². The van der Waals surface area contributed by atoms with Crippen LogP contribution in [0.1, 0.15) is 55.3 Å². The lowest BCUT2D eigenvalue weighted by atomic mass is 9.65. The first-order chi connectivity index (χ1) is 22.3. The summed E-state index contributed by atoms with van der Waals surface area (Å²) < 4.78 is 10.8. The Morgan fingerprint density at radius 3 is 1.10 bits per heavy atom. The second kappa shape index (κ2) is 10.5. The summed E-state index contributed by atoms with van der Waals surface area (Å²) in [6.07, 6.45) is -13.3. The molecule has 0 aliphatic heterocycles. The van der Waals surface area contributed by atoms with Gasteiger partial charge in [-0.25, -0.2) is 0 Å². The maximum atomic E-state index is 14.4. The van der Waals surface area contributed by atoms with Crippen molar-refractivity contribution in [3.8, 4) is 34.1 Å². The topological polar surface area (TPSA) is 289 Å². The van der Waals surface area contributed by atoms with Gasteiger partial charge in [0.2, 0.25) is 0 Å². The molecule has 0 bridgehead atoms. The van der Waals surface area contributed by atoms with Crippen LogP contribution in [0.15, 0.2) is 34.4 Å². The number of benzene rings is 2. The van der Waals surface area contributed by atoms with Crippen molar-refractivity contribution in [1.29, 1.82) is 0 Å². The Balaban J connectivity index is 1.74.